The Kier molecular flexibility index (Phi) is 9.02. The van der Waals surface area contributed by atoms with Crippen LogP contribution in [-0.4, -0.2) is 113 Å². The topological polar surface area (TPSA) is 19.4 Å². The monoisotopic (exact) mass is 531 g/mol. The maximum absolute atomic E-state index is 7.61. The van der Waals surface area contributed by atoms with E-state index in [1.165, 1.54) is 0 Å². The molecule has 0 fully saturated rings. The van der Waals surface area contributed by atoms with Crippen LogP contribution in [0.25, 0.3) is 0 Å². The molecule has 0 saturated carbocycles. The Balaban J connectivity index is 7.28. The summed E-state index contributed by atoms with van der Waals surface area (Å²) in [5, 5.41) is 0. The van der Waals surface area contributed by atoms with Gasteiger partial charge in [0.2, 0.25) is 0 Å². The Hall–Kier alpha value is 2.18. The molecule has 0 N–H and O–H groups in total. The Morgan fingerprint density at radius 2 is 0.542 bits per heavy atom. The van der Waals surface area contributed by atoms with Gasteiger partial charge >= 0.3 is 163 Å². The Bertz CT molecular complexity index is 361. The van der Waals surface area contributed by atoms with Crippen molar-refractivity contribution in [3.05, 3.63) is 0 Å². The molecule has 153 valence electrons. The molecule has 0 rings (SSSR count). The molecule has 0 amide bonds. The van der Waals surface area contributed by atoms with Crippen molar-refractivity contribution in [3.63, 3.8) is 0 Å². The van der Waals surface area contributed by atoms with Gasteiger partial charge in [-0.25, -0.2) is 0 Å². The van der Waals surface area contributed by atoms with Crippen molar-refractivity contribution >= 4 is 39.9 Å². The Labute approximate surface area is 162 Å². The van der Waals surface area contributed by atoms with Crippen molar-refractivity contribution in [2.24, 2.45) is 0 Å². The van der Waals surface area contributed by atoms with Gasteiger partial charge in [-0.2, -0.15) is 0 Å². The SMILES string of the molecule is CN(C)[PH](N(C)C)(N(C)C)[Mo]([Cl])([Cl])([Cl])[PH](N(C)C)(N(C)C)N(C)C. The van der Waals surface area contributed by atoms with Crippen LogP contribution in [0.15, 0.2) is 0 Å². The van der Waals surface area contributed by atoms with Crippen LogP contribution in [0.2, 0.25) is 0 Å². The second kappa shape index (κ2) is 8.27. The Morgan fingerprint density at radius 1 is 0.417 bits per heavy atom. The molecule has 0 aliphatic rings. The van der Waals surface area contributed by atoms with E-state index >= 15 is 0 Å². The van der Waals surface area contributed by atoms with Crippen molar-refractivity contribution in [2.75, 3.05) is 84.6 Å². The molecule has 0 radical (unpaired) electrons. The van der Waals surface area contributed by atoms with Crippen LogP contribution in [0, 0.1) is 0 Å². The second-order valence-electron chi connectivity index (χ2n) is 7.25. The predicted octanol–water partition coefficient (Wildman–Crippen LogP) is 3.33. The summed E-state index contributed by atoms with van der Waals surface area (Å²) < 4.78 is 13.1. The number of nitrogens with zero attached hydrogens (tertiary/aromatic N) is 6. The Morgan fingerprint density at radius 3 is 0.625 bits per heavy atom. The third-order valence-electron chi connectivity index (χ3n) is 4.39. The molecule has 12 heteroatoms. The zero-order valence-corrected chi connectivity index (χ0v) is 23.5. The fourth-order valence-electron chi connectivity index (χ4n) is 4.37. The van der Waals surface area contributed by atoms with Crippen LogP contribution >= 0.6 is 39.9 Å². The van der Waals surface area contributed by atoms with Gasteiger partial charge in [0.05, 0.1) is 0 Å². The van der Waals surface area contributed by atoms with E-state index in [-0.39, 0.29) is 0 Å². The maximum atomic E-state index is 7.61. The second-order valence-corrected chi connectivity index (χ2v) is 61.7. The van der Waals surface area contributed by atoms with Gasteiger partial charge in [0, 0.05) is 0 Å². The summed E-state index contributed by atoms with van der Waals surface area (Å²) in [6.45, 7) is 0. The van der Waals surface area contributed by atoms with E-state index in [1.54, 1.807) is 0 Å². The number of halogens is 3. The molecule has 0 spiro atoms. The van der Waals surface area contributed by atoms with E-state index in [9.17, 15) is 0 Å². The first-order valence-corrected chi connectivity index (χ1v) is 24.9. The summed E-state index contributed by atoms with van der Waals surface area (Å²) in [4.78, 5) is 0. The fraction of sp³-hybridized carbons (Fsp3) is 1.00. The van der Waals surface area contributed by atoms with Gasteiger partial charge in [-0.05, 0) is 0 Å². The average molecular weight is 531 g/mol. The van der Waals surface area contributed by atoms with Gasteiger partial charge in [0.25, 0.3) is 0 Å². The standard InChI is InChI=1S/2C6H18N3P.3ClH.Mo/c2*1-7(2)10(8(3)4)9(5)6;;;;/h2*1-6H3;3*1H;/q;;;;;+1/p-1. The first-order valence-electron chi connectivity index (χ1n) is 7.58. The van der Waals surface area contributed by atoms with Crippen LogP contribution in [0.5, 0.6) is 0 Å². The summed E-state index contributed by atoms with van der Waals surface area (Å²) in [5.41, 5.74) is 0. The molecule has 0 aromatic carbocycles. The molecule has 6 nitrogen and oxygen atoms in total. The van der Waals surface area contributed by atoms with Gasteiger partial charge in [0.1, 0.15) is 0 Å². The zero-order valence-electron chi connectivity index (χ0n) is 17.2. The molecule has 0 atom stereocenters. The predicted molar refractivity (Wildman–Crippen MR) is 116 cm³/mol. The number of hydrogen-bond acceptors (Lipinski definition) is 6. The summed E-state index contributed by atoms with van der Waals surface area (Å²) in [6.07, 6.45) is 0. The normalized spacial score (nSPS) is 18.1. The van der Waals surface area contributed by atoms with E-state index in [2.05, 4.69) is 28.0 Å². The third kappa shape index (κ3) is 3.36. The van der Waals surface area contributed by atoms with Gasteiger partial charge < -0.3 is 0 Å². The van der Waals surface area contributed by atoms with Crippen LogP contribution in [0.1, 0.15) is 0 Å². The van der Waals surface area contributed by atoms with E-state index in [1.807, 2.05) is 84.6 Å². The van der Waals surface area contributed by atoms with Gasteiger partial charge in [-0.3, -0.25) is 0 Å². The van der Waals surface area contributed by atoms with E-state index in [4.69, 9.17) is 28.3 Å². The van der Waals surface area contributed by atoms with E-state index < -0.39 is 22.3 Å². The average Bonchev–Trinajstić information content (AvgIpc) is 2.22. The quantitative estimate of drug-likeness (QED) is 0.352. The summed E-state index contributed by atoms with van der Waals surface area (Å²) >= 11 is 0. The molecule has 0 unspecified atom stereocenters. The van der Waals surface area contributed by atoms with Crippen LogP contribution < -0.4 is 0 Å². The summed E-state index contributed by atoms with van der Waals surface area (Å²) in [5.74, 6) is -5.55. The van der Waals surface area contributed by atoms with Crippen LogP contribution in [-0.2, 0) is 10.7 Å². The summed E-state index contributed by atoms with van der Waals surface area (Å²) in [7, 11) is 42.5. The van der Waals surface area contributed by atoms with Crippen LogP contribution in [0.4, 0.5) is 0 Å². The molecule has 0 saturated heterocycles. The third-order valence-corrected chi connectivity index (χ3v) is 74.3. The van der Waals surface area contributed by atoms with Crippen molar-refractivity contribution in [3.8, 4) is 0 Å². The summed E-state index contributed by atoms with van der Waals surface area (Å²) in [6, 6.07) is 0. The zero-order chi connectivity index (χ0) is 19.9. The van der Waals surface area contributed by atoms with Gasteiger partial charge in [-0.1, -0.05) is 0 Å². The fourth-order valence-corrected chi connectivity index (χ4v) is 112. The van der Waals surface area contributed by atoms with Gasteiger partial charge in [-0.15, -0.1) is 0 Å². The van der Waals surface area contributed by atoms with Crippen molar-refractivity contribution in [1.82, 2.24) is 28.0 Å². The van der Waals surface area contributed by atoms with E-state index in [0.29, 0.717) is 0 Å². The molecule has 24 heavy (non-hydrogen) atoms. The molecular weight excluding hydrogens is 492 g/mol. The minimum atomic E-state index is -4.83. The molecular formula is C12H38Cl3MoN6P2. The first kappa shape index (κ1) is 26.2. The van der Waals surface area contributed by atoms with Gasteiger partial charge in [0.15, 0.2) is 0 Å². The van der Waals surface area contributed by atoms with Crippen molar-refractivity contribution in [1.29, 1.82) is 0 Å². The van der Waals surface area contributed by atoms with Crippen LogP contribution in [0.3, 0.4) is 0 Å². The number of rotatable bonds is 8. The molecule has 0 aliphatic heterocycles. The number of hydrogen-bond donors (Lipinski definition) is 0. The van der Waals surface area contributed by atoms with Crippen molar-refractivity contribution in [2.45, 2.75) is 0 Å². The molecule has 0 heterocycles. The molecule has 0 aliphatic carbocycles. The first-order chi connectivity index (χ1) is 10.4. The van der Waals surface area contributed by atoms with Crippen molar-refractivity contribution < 1.29 is 10.7 Å². The molecule has 0 aromatic rings. The minimum absolute atomic E-state index is 2.04. The van der Waals surface area contributed by atoms with E-state index in [0.717, 1.165) is 0 Å². The molecule has 0 aromatic heterocycles. The molecule has 0 bridgehead atoms.